The first kappa shape index (κ1) is 10.6. The lowest BCUT2D eigenvalue weighted by molar-refractivity contribution is 0.0772. The molecule has 0 saturated carbocycles. The van der Waals surface area contributed by atoms with Crippen LogP contribution in [-0.4, -0.2) is 35.4 Å². The molecule has 1 aromatic rings. The van der Waals surface area contributed by atoms with Crippen LogP contribution in [0, 0.1) is 5.41 Å². The Morgan fingerprint density at radius 3 is 3.13 bits per heavy atom. The van der Waals surface area contributed by atoms with Gasteiger partial charge in [0.2, 0.25) is 0 Å². The van der Waals surface area contributed by atoms with E-state index in [1.165, 1.54) is 11.3 Å². The summed E-state index contributed by atoms with van der Waals surface area (Å²) in [4.78, 5) is 17.8. The van der Waals surface area contributed by atoms with Gasteiger partial charge in [-0.25, -0.2) is 4.98 Å². The van der Waals surface area contributed by atoms with Gasteiger partial charge in [-0.15, -0.1) is 11.3 Å². The fourth-order valence-electron chi connectivity index (χ4n) is 1.84. The number of carbonyl (C=O) groups excluding carboxylic acids is 1. The van der Waals surface area contributed by atoms with Crippen LogP contribution in [0.25, 0.3) is 0 Å². The van der Waals surface area contributed by atoms with E-state index in [0.717, 1.165) is 19.5 Å². The number of aromatic nitrogens is 1. The molecule has 0 bridgehead atoms. The molecule has 82 valence electrons. The van der Waals surface area contributed by atoms with Crippen LogP contribution < -0.4 is 5.73 Å². The second-order valence-corrected chi connectivity index (χ2v) is 5.08. The normalized spacial score (nSPS) is 25.9. The van der Waals surface area contributed by atoms with Gasteiger partial charge in [-0.1, -0.05) is 6.92 Å². The lowest BCUT2D eigenvalue weighted by atomic mass is 9.90. The summed E-state index contributed by atoms with van der Waals surface area (Å²) in [5, 5.41) is 1.79. The molecule has 2 rings (SSSR count). The fourth-order valence-corrected chi connectivity index (χ4v) is 2.37. The molecular weight excluding hydrogens is 210 g/mol. The minimum absolute atomic E-state index is 0.0356. The van der Waals surface area contributed by atoms with Crippen molar-refractivity contribution in [3.05, 3.63) is 16.6 Å². The van der Waals surface area contributed by atoms with Crippen LogP contribution in [0.4, 0.5) is 0 Å². The number of carbonyl (C=O) groups is 1. The number of likely N-dealkylation sites (tertiary alicyclic amines) is 1. The predicted molar refractivity (Wildman–Crippen MR) is 59.8 cm³/mol. The summed E-state index contributed by atoms with van der Waals surface area (Å²) in [5.41, 5.74) is 8.03. The first-order valence-corrected chi connectivity index (χ1v) is 5.96. The predicted octanol–water partition coefficient (Wildman–Crippen LogP) is 0.954. The zero-order valence-electron chi connectivity index (χ0n) is 8.77. The molecule has 1 amide bonds. The Labute approximate surface area is 93.1 Å². The minimum atomic E-state index is 0.0356. The summed E-state index contributed by atoms with van der Waals surface area (Å²) in [6.45, 7) is 4.30. The standard InChI is InChI=1S/C10H15N3OS/c1-10(5-11)2-3-13(6-10)9(14)8-4-15-7-12-8/h4,7H,2-3,5-6,11H2,1H3. The molecule has 0 radical (unpaired) electrons. The summed E-state index contributed by atoms with van der Waals surface area (Å²) in [5.74, 6) is 0.0356. The molecule has 1 atom stereocenters. The first-order valence-electron chi connectivity index (χ1n) is 5.02. The van der Waals surface area contributed by atoms with E-state index in [9.17, 15) is 4.79 Å². The highest BCUT2D eigenvalue weighted by atomic mass is 32.1. The summed E-state index contributed by atoms with van der Waals surface area (Å²) < 4.78 is 0. The Morgan fingerprint density at radius 2 is 2.60 bits per heavy atom. The highest BCUT2D eigenvalue weighted by molar-refractivity contribution is 7.07. The minimum Gasteiger partial charge on any atom is -0.337 e. The van der Waals surface area contributed by atoms with E-state index in [2.05, 4.69) is 11.9 Å². The van der Waals surface area contributed by atoms with Gasteiger partial charge in [0, 0.05) is 18.5 Å². The Balaban J connectivity index is 2.06. The van der Waals surface area contributed by atoms with Crippen LogP contribution in [0.5, 0.6) is 0 Å². The van der Waals surface area contributed by atoms with Crippen molar-refractivity contribution in [1.29, 1.82) is 0 Å². The zero-order valence-corrected chi connectivity index (χ0v) is 9.59. The van der Waals surface area contributed by atoms with Crippen LogP contribution in [0.15, 0.2) is 10.9 Å². The van der Waals surface area contributed by atoms with Gasteiger partial charge in [-0.2, -0.15) is 0 Å². The second kappa shape index (κ2) is 3.90. The maximum Gasteiger partial charge on any atom is 0.273 e. The van der Waals surface area contributed by atoms with E-state index in [0.29, 0.717) is 12.2 Å². The molecular formula is C10H15N3OS. The van der Waals surface area contributed by atoms with Gasteiger partial charge in [0.05, 0.1) is 5.51 Å². The average Bonchev–Trinajstić information content (AvgIpc) is 2.86. The van der Waals surface area contributed by atoms with E-state index >= 15 is 0 Å². The smallest absolute Gasteiger partial charge is 0.273 e. The lowest BCUT2D eigenvalue weighted by Gasteiger charge is -2.21. The molecule has 0 spiro atoms. The molecule has 1 fully saturated rings. The molecule has 2 N–H and O–H groups in total. The van der Waals surface area contributed by atoms with Crippen molar-refractivity contribution in [3.8, 4) is 0 Å². The third kappa shape index (κ3) is 2.03. The maximum atomic E-state index is 11.9. The number of rotatable bonds is 2. The molecule has 1 aliphatic heterocycles. The van der Waals surface area contributed by atoms with Gasteiger partial charge in [0.15, 0.2) is 0 Å². The van der Waals surface area contributed by atoms with Crippen LogP contribution >= 0.6 is 11.3 Å². The van der Waals surface area contributed by atoms with Crippen molar-refractivity contribution >= 4 is 17.2 Å². The summed E-state index contributed by atoms with van der Waals surface area (Å²) in [6, 6.07) is 0. The van der Waals surface area contributed by atoms with Gasteiger partial charge >= 0.3 is 0 Å². The van der Waals surface area contributed by atoms with E-state index < -0.39 is 0 Å². The van der Waals surface area contributed by atoms with Gasteiger partial charge < -0.3 is 10.6 Å². The molecule has 2 heterocycles. The maximum absolute atomic E-state index is 11.9. The first-order chi connectivity index (χ1) is 7.14. The van der Waals surface area contributed by atoms with E-state index in [-0.39, 0.29) is 11.3 Å². The van der Waals surface area contributed by atoms with Gasteiger partial charge in [0.25, 0.3) is 5.91 Å². The third-order valence-electron chi connectivity index (χ3n) is 2.99. The molecule has 1 aliphatic rings. The van der Waals surface area contributed by atoms with Gasteiger partial charge in [-0.05, 0) is 18.4 Å². The summed E-state index contributed by atoms with van der Waals surface area (Å²) in [6.07, 6.45) is 0.985. The molecule has 1 aromatic heterocycles. The fraction of sp³-hybridized carbons (Fsp3) is 0.600. The number of amides is 1. The van der Waals surface area contributed by atoms with Gasteiger partial charge in [0.1, 0.15) is 5.69 Å². The monoisotopic (exact) mass is 225 g/mol. The van der Waals surface area contributed by atoms with Crippen molar-refractivity contribution < 1.29 is 4.79 Å². The molecule has 0 aliphatic carbocycles. The van der Waals surface area contributed by atoms with Crippen molar-refractivity contribution in [3.63, 3.8) is 0 Å². The Morgan fingerprint density at radius 1 is 1.80 bits per heavy atom. The van der Waals surface area contributed by atoms with Crippen LogP contribution in [0.1, 0.15) is 23.8 Å². The summed E-state index contributed by atoms with van der Waals surface area (Å²) in [7, 11) is 0. The number of hydrogen-bond acceptors (Lipinski definition) is 4. The number of nitrogens with zero attached hydrogens (tertiary/aromatic N) is 2. The zero-order chi connectivity index (χ0) is 10.9. The molecule has 5 heteroatoms. The van der Waals surface area contributed by atoms with E-state index in [4.69, 9.17) is 5.73 Å². The van der Waals surface area contributed by atoms with E-state index in [1.807, 2.05) is 4.90 Å². The largest absolute Gasteiger partial charge is 0.337 e. The molecule has 4 nitrogen and oxygen atoms in total. The van der Waals surface area contributed by atoms with Crippen molar-refractivity contribution in [2.24, 2.45) is 11.1 Å². The molecule has 1 saturated heterocycles. The average molecular weight is 225 g/mol. The number of nitrogens with two attached hydrogens (primary N) is 1. The SMILES string of the molecule is CC1(CN)CCN(C(=O)c2cscn2)C1. The van der Waals surface area contributed by atoms with Crippen molar-refractivity contribution in [2.75, 3.05) is 19.6 Å². The van der Waals surface area contributed by atoms with Crippen LogP contribution in [-0.2, 0) is 0 Å². The quantitative estimate of drug-likeness (QED) is 0.815. The van der Waals surface area contributed by atoms with Crippen LogP contribution in [0.2, 0.25) is 0 Å². The lowest BCUT2D eigenvalue weighted by Crippen LogP contribution is -2.34. The topological polar surface area (TPSA) is 59.2 Å². The molecule has 15 heavy (non-hydrogen) atoms. The highest BCUT2D eigenvalue weighted by Crippen LogP contribution is 2.29. The van der Waals surface area contributed by atoms with Crippen molar-refractivity contribution in [1.82, 2.24) is 9.88 Å². The summed E-state index contributed by atoms with van der Waals surface area (Å²) >= 11 is 1.45. The van der Waals surface area contributed by atoms with Crippen LogP contribution in [0.3, 0.4) is 0 Å². The third-order valence-corrected chi connectivity index (χ3v) is 3.58. The van der Waals surface area contributed by atoms with Gasteiger partial charge in [-0.3, -0.25) is 4.79 Å². The highest BCUT2D eigenvalue weighted by Gasteiger charge is 2.35. The number of thiazole rings is 1. The van der Waals surface area contributed by atoms with Crippen molar-refractivity contribution in [2.45, 2.75) is 13.3 Å². The molecule has 0 aromatic carbocycles. The Hall–Kier alpha value is -0.940. The number of hydrogen-bond donors (Lipinski definition) is 1. The Kier molecular flexibility index (Phi) is 2.75. The second-order valence-electron chi connectivity index (χ2n) is 4.37. The molecule has 1 unspecified atom stereocenters. The van der Waals surface area contributed by atoms with E-state index in [1.54, 1.807) is 10.9 Å². The Bertz CT molecular complexity index is 352.